The standard InChI is InChI=1S/C20H23BrN2O4/c1-13(2)22-19(24)15-6-4-5-7-17(15)23-20(25)16-12-14(21)8-9-18(16)27-11-10-26-3/h4-9,12-13H,10-11H2,1-3H3,(H,22,24)(H,23,25). The van der Waals surface area contributed by atoms with Crippen LogP contribution in [-0.4, -0.2) is 38.2 Å². The van der Waals surface area contributed by atoms with E-state index >= 15 is 0 Å². The molecular formula is C20H23BrN2O4. The molecule has 0 fully saturated rings. The van der Waals surface area contributed by atoms with Crippen LogP contribution in [-0.2, 0) is 4.74 Å². The van der Waals surface area contributed by atoms with Crippen molar-refractivity contribution < 1.29 is 19.1 Å². The highest BCUT2D eigenvalue weighted by molar-refractivity contribution is 9.10. The Labute approximate surface area is 167 Å². The number of halogens is 1. The van der Waals surface area contributed by atoms with E-state index in [0.29, 0.717) is 35.8 Å². The van der Waals surface area contributed by atoms with Crippen molar-refractivity contribution in [2.75, 3.05) is 25.6 Å². The van der Waals surface area contributed by atoms with Crippen LogP contribution in [0.4, 0.5) is 5.69 Å². The Morgan fingerprint density at radius 3 is 2.48 bits per heavy atom. The topological polar surface area (TPSA) is 76.7 Å². The molecule has 144 valence electrons. The number of hydrogen-bond acceptors (Lipinski definition) is 4. The molecule has 0 spiro atoms. The fraction of sp³-hybridized carbons (Fsp3) is 0.300. The van der Waals surface area contributed by atoms with Crippen molar-refractivity contribution in [3.8, 4) is 5.75 Å². The summed E-state index contributed by atoms with van der Waals surface area (Å²) in [6, 6.07) is 12.1. The van der Waals surface area contributed by atoms with Gasteiger partial charge in [0, 0.05) is 17.6 Å². The fourth-order valence-electron chi connectivity index (χ4n) is 2.36. The number of anilines is 1. The van der Waals surface area contributed by atoms with E-state index in [2.05, 4.69) is 26.6 Å². The number of rotatable bonds is 8. The first-order chi connectivity index (χ1) is 12.9. The molecule has 0 bridgehead atoms. The lowest BCUT2D eigenvalue weighted by molar-refractivity contribution is 0.0944. The van der Waals surface area contributed by atoms with Crippen LogP contribution in [0.1, 0.15) is 34.6 Å². The third-order valence-corrected chi connectivity index (χ3v) is 4.06. The van der Waals surface area contributed by atoms with E-state index in [1.807, 2.05) is 13.8 Å². The van der Waals surface area contributed by atoms with Crippen molar-refractivity contribution in [1.29, 1.82) is 0 Å². The summed E-state index contributed by atoms with van der Waals surface area (Å²) >= 11 is 3.37. The Morgan fingerprint density at radius 2 is 1.78 bits per heavy atom. The first-order valence-corrected chi connectivity index (χ1v) is 9.34. The minimum Gasteiger partial charge on any atom is -0.490 e. The number of ether oxygens (including phenoxy) is 2. The van der Waals surface area contributed by atoms with Gasteiger partial charge in [-0.25, -0.2) is 0 Å². The van der Waals surface area contributed by atoms with Crippen molar-refractivity contribution >= 4 is 33.4 Å². The van der Waals surface area contributed by atoms with Gasteiger partial charge in [0.15, 0.2) is 0 Å². The van der Waals surface area contributed by atoms with Gasteiger partial charge in [-0.2, -0.15) is 0 Å². The molecule has 2 aromatic carbocycles. The molecule has 0 saturated carbocycles. The van der Waals surface area contributed by atoms with Crippen molar-refractivity contribution in [2.24, 2.45) is 0 Å². The zero-order valence-corrected chi connectivity index (χ0v) is 17.1. The van der Waals surface area contributed by atoms with Crippen molar-refractivity contribution in [3.63, 3.8) is 0 Å². The number of amides is 2. The molecule has 2 amide bonds. The van der Waals surface area contributed by atoms with Crippen LogP contribution < -0.4 is 15.4 Å². The summed E-state index contributed by atoms with van der Waals surface area (Å²) in [4.78, 5) is 25.2. The van der Waals surface area contributed by atoms with Gasteiger partial charge in [0.05, 0.1) is 23.4 Å². The molecule has 0 aliphatic carbocycles. The predicted octanol–water partition coefficient (Wildman–Crippen LogP) is 3.86. The van der Waals surface area contributed by atoms with E-state index in [9.17, 15) is 9.59 Å². The maximum Gasteiger partial charge on any atom is 0.259 e. The van der Waals surface area contributed by atoms with Gasteiger partial charge in [-0.15, -0.1) is 0 Å². The Morgan fingerprint density at radius 1 is 1.04 bits per heavy atom. The van der Waals surface area contributed by atoms with Gasteiger partial charge in [-0.3, -0.25) is 9.59 Å². The first kappa shape index (κ1) is 20.9. The largest absolute Gasteiger partial charge is 0.490 e. The van der Waals surface area contributed by atoms with Gasteiger partial charge < -0.3 is 20.1 Å². The number of para-hydroxylation sites is 1. The lowest BCUT2D eigenvalue weighted by Gasteiger charge is -2.15. The Bertz CT molecular complexity index is 808. The second kappa shape index (κ2) is 10.1. The molecule has 0 radical (unpaired) electrons. The van der Waals surface area contributed by atoms with Crippen LogP contribution in [0.2, 0.25) is 0 Å². The molecule has 0 heterocycles. The monoisotopic (exact) mass is 434 g/mol. The SMILES string of the molecule is COCCOc1ccc(Br)cc1C(=O)Nc1ccccc1C(=O)NC(C)C. The summed E-state index contributed by atoms with van der Waals surface area (Å²) in [5.74, 6) is -0.169. The third kappa shape index (κ3) is 6.08. The minimum absolute atomic E-state index is 0.00729. The predicted molar refractivity (Wildman–Crippen MR) is 109 cm³/mol. The van der Waals surface area contributed by atoms with Crippen molar-refractivity contribution in [3.05, 3.63) is 58.1 Å². The Balaban J connectivity index is 2.25. The molecule has 27 heavy (non-hydrogen) atoms. The van der Waals surface area contributed by atoms with Gasteiger partial charge in [-0.05, 0) is 44.2 Å². The van der Waals surface area contributed by atoms with Gasteiger partial charge in [0.25, 0.3) is 11.8 Å². The van der Waals surface area contributed by atoms with E-state index in [1.165, 1.54) is 0 Å². The van der Waals surface area contributed by atoms with E-state index in [1.54, 1.807) is 49.6 Å². The quantitative estimate of drug-likeness (QED) is 0.618. The van der Waals surface area contributed by atoms with Crippen LogP contribution in [0.5, 0.6) is 5.75 Å². The second-order valence-corrected chi connectivity index (χ2v) is 7.03. The van der Waals surface area contributed by atoms with E-state index in [-0.39, 0.29) is 17.9 Å². The van der Waals surface area contributed by atoms with Gasteiger partial charge >= 0.3 is 0 Å². The van der Waals surface area contributed by atoms with E-state index in [0.717, 1.165) is 4.47 Å². The second-order valence-electron chi connectivity index (χ2n) is 6.11. The summed E-state index contributed by atoms with van der Waals surface area (Å²) in [5, 5.41) is 5.64. The molecule has 2 rings (SSSR count). The van der Waals surface area contributed by atoms with Crippen molar-refractivity contribution in [1.82, 2.24) is 5.32 Å². The lowest BCUT2D eigenvalue weighted by Crippen LogP contribution is -2.31. The molecule has 0 unspecified atom stereocenters. The highest BCUT2D eigenvalue weighted by atomic mass is 79.9. The highest BCUT2D eigenvalue weighted by Gasteiger charge is 2.17. The Hall–Kier alpha value is -2.38. The van der Waals surface area contributed by atoms with Crippen LogP contribution in [0, 0.1) is 0 Å². The van der Waals surface area contributed by atoms with E-state index in [4.69, 9.17) is 9.47 Å². The average molecular weight is 435 g/mol. The molecule has 2 aromatic rings. The Kier molecular flexibility index (Phi) is 7.82. The van der Waals surface area contributed by atoms with Crippen LogP contribution in [0.25, 0.3) is 0 Å². The number of carbonyl (C=O) groups is 2. The average Bonchev–Trinajstić information content (AvgIpc) is 2.62. The molecule has 0 saturated heterocycles. The molecule has 0 aromatic heterocycles. The smallest absolute Gasteiger partial charge is 0.259 e. The van der Waals surface area contributed by atoms with Crippen LogP contribution in [0.15, 0.2) is 46.9 Å². The number of methoxy groups -OCH3 is 1. The maximum absolute atomic E-state index is 12.8. The molecule has 6 nitrogen and oxygen atoms in total. The molecule has 0 aliphatic heterocycles. The lowest BCUT2D eigenvalue weighted by atomic mass is 10.1. The summed E-state index contributed by atoms with van der Waals surface area (Å²) in [5.41, 5.74) is 1.19. The zero-order valence-electron chi connectivity index (χ0n) is 15.5. The van der Waals surface area contributed by atoms with Gasteiger partial charge in [0.1, 0.15) is 12.4 Å². The third-order valence-electron chi connectivity index (χ3n) is 3.57. The summed E-state index contributed by atoms with van der Waals surface area (Å²) in [7, 11) is 1.58. The zero-order chi connectivity index (χ0) is 19.8. The fourth-order valence-corrected chi connectivity index (χ4v) is 2.72. The number of nitrogens with one attached hydrogen (secondary N) is 2. The number of benzene rings is 2. The highest BCUT2D eigenvalue weighted by Crippen LogP contribution is 2.25. The summed E-state index contributed by atoms with van der Waals surface area (Å²) in [6.45, 7) is 4.50. The van der Waals surface area contributed by atoms with E-state index < -0.39 is 0 Å². The number of hydrogen-bond donors (Lipinski definition) is 2. The minimum atomic E-state index is -0.367. The normalized spacial score (nSPS) is 10.6. The van der Waals surface area contributed by atoms with Crippen molar-refractivity contribution in [2.45, 2.75) is 19.9 Å². The molecule has 7 heteroatoms. The van der Waals surface area contributed by atoms with Gasteiger partial charge in [-0.1, -0.05) is 28.1 Å². The summed E-state index contributed by atoms with van der Waals surface area (Å²) in [6.07, 6.45) is 0. The molecule has 0 atom stereocenters. The molecule has 2 N–H and O–H groups in total. The molecular weight excluding hydrogens is 412 g/mol. The maximum atomic E-state index is 12.8. The number of carbonyl (C=O) groups excluding carboxylic acids is 2. The van der Waals surface area contributed by atoms with Gasteiger partial charge in [0.2, 0.25) is 0 Å². The van der Waals surface area contributed by atoms with Crippen LogP contribution >= 0.6 is 15.9 Å². The molecule has 0 aliphatic rings. The summed E-state index contributed by atoms with van der Waals surface area (Å²) < 4.78 is 11.4. The van der Waals surface area contributed by atoms with Crippen LogP contribution in [0.3, 0.4) is 0 Å². The first-order valence-electron chi connectivity index (χ1n) is 8.55.